The Morgan fingerprint density at radius 1 is 1.27 bits per heavy atom. The molecule has 10 heteroatoms. The summed E-state index contributed by atoms with van der Waals surface area (Å²) in [6.45, 7) is 5.21. The van der Waals surface area contributed by atoms with Gasteiger partial charge in [0.25, 0.3) is 0 Å². The Hall–Kier alpha value is -2.62. The van der Waals surface area contributed by atoms with Crippen LogP contribution < -0.4 is 22.1 Å². The first kappa shape index (κ1) is 21.4. The second-order valence-electron chi connectivity index (χ2n) is 6.93. The third-order valence-corrected chi connectivity index (χ3v) is 3.32. The highest BCUT2D eigenvalue weighted by Crippen LogP contribution is 2.07. The van der Waals surface area contributed by atoms with Gasteiger partial charge in [-0.1, -0.05) is 0 Å². The number of aromatic nitrogens is 2. The Morgan fingerprint density at radius 2 is 1.96 bits per heavy atom. The summed E-state index contributed by atoms with van der Waals surface area (Å²) in [6.07, 6.45) is 2.87. The number of primary amides is 1. The average Bonchev–Trinajstić information content (AvgIpc) is 3.00. The Bertz CT molecular complexity index is 596. The molecule has 0 aliphatic heterocycles. The summed E-state index contributed by atoms with van der Waals surface area (Å²) in [5.41, 5.74) is 11.3. The monoisotopic (exact) mass is 368 g/mol. The minimum absolute atomic E-state index is 0.189. The molecule has 0 radical (unpaired) electrons. The van der Waals surface area contributed by atoms with Crippen LogP contribution in [0.15, 0.2) is 12.5 Å². The summed E-state index contributed by atoms with van der Waals surface area (Å²) in [5, 5.41) is 5.05. The molecule has 1 heterocycles. The number of nitrogens with zero attached hydrogens (tertiary/aromatic N) is 1. The number of amides is 3. The molecule has 2 atom stereocenters. The number of hydrogen-bond acceptors (Lipinski definition) is 6. The predicted octanol–water partition coefficient (Wildman–Crippen LogP) is -0.0979. The third kappa shape index (κ3) is 9.02. The fourth-order valence-corrected chi connectivity index (χ4v) is 2.10. The zero-order chi connectivity index (χ0) is 19.7. The molecular formula is C16H28N6O4. The minimum Gasteiger partial charge on any atom is -0.444 e. The third-order valence-electron chi connectivity index (χ3n) is 3.32. The van der Waals surface area contributed by atoms with Crippen LogP contribution in [0.25, 0.3) is 0 Å². The lowest BCUT2D eigenvalue weighted by Gasteiger charge is -2.22. The lowest BCUT2D eigenvalue weighted by atomic mass is 10.1. The van der Waals surface area contributed by atoms with E-state index in [9.17, 15) is 14.4 Å². The number of aryl methyl sites for hydroxylation is 1. The van der Waals surface area contributed by atoms with Crippen molar-refractivity contribution in [3.63, 3.8) is 0 Å². The van der Waals surface area contributed by atoms with Gasteiger partial charge in [-0.3, -0.25) is 9.59 Å². The number of carbonyl (C=O) groups excluding carboxylic acids is 3. The molecule has 26 heavy (non-hydrogen) atoms. The van der Waals surface area contributed by atoms with Crippen LogP contribution in [0.3, 0.4) is 0 Å². The van der Waals surface area contributed by atoms with E-state index in [0.29, 0.717) is 6.42 Å². The van der Waals surface area contributed by atoms with Crippen LogP contribution in [0.5, 0.6) is 0 Å². The smallest absolute Gasteiger partial charge is 0.408 e. The molecule has 0 saturated carbocycles. The number of nitrogens with two attached hydrogens (primary N) is 2. The Labute approximate surface area is 152 Å². The van der Waals surface area contributed by atoms with E-state index in [0.717, 1.165) is 5.69 Å². The van der Waals surface area contributed by atoms with Crippen molar-refractivity contribution < 1.29 is 19.1 Å². The van der Waals surface area contributed by atoms with Crippen molar-refractivity contribution in [2.24, 2.45) is 11.5 Å². The molecule has 1 aromatic rings. The maximum Gasteiger partial charge on any atom is 0.408 e. The molecule has 0 spiro atoms. The normalized spacial score (nSPS) is 13.5. The van der Waals surface area contributed by atoms with Crippen LogP contribution in [0, 0.1) is 0 Å². The van der Waals surface area contributed by atoms with Crippen molar-refractivity contribution in [1.29, 1.82) is 0 Å². The van der Waals surface area contributed by atoms with Gasteiger partial charge >= 0.3 is 6.09 Å². The highest BCUT2D eigenvalue weighted by atomic mass is 16.6. The SMILES string of the molecule is CC(C)(C)OC(=O)NC(N)CC[C@H](NC(=O)CCc1cnc[nH]1)C(N)=O. The summed E-state index contributed by atoms with van der Waals surface area (Å²) < 4.78 is 5.10. The van der Waals surface area contributed by atoms with Crippen LogP contribution in [0.1, 0.15) is 45.7 Å². The van der Waals surface area contributed by atoms with Crippen LogP contribution in [-0.2, 0) is 20.7 Å². The number of ether oxygens (including phenoxy) is 1. The van der Waals surface area contributed by atoms with E-state index in [2.05, 4.69) is 20.6 Å². The molecule has 0 saturated heterocycles. The first-order chi connectivity index (χ1) is 12.1. The second kappa shape index (κ2) is 9.76. The zero-order valence-electron chi connectivity index (χ0n) is 15.4. The van der Waals surface area contributed by atoms with Gasteiger partial charge in [-0.05, 0) is 40.0 Å². The van der Waals surface area contributed by atoms with Crippen molar-refractivity contribution in [3.05, 3.63) is 18.2 Å². The van der Waals surface area contributed by atoms with Gasteiger partial charge in [-0.25, -0.2) is 9.78 Å². The molecule has 0 fully saturated rings. The van der Waals surface area contributed by atoms with Gasteiger partial charge in [-0.2, -0.15) is 0 Å². The van der Waals surface area contributed by atoms with E-state index in [1.54, 1.807) is 27.0 Å². The molecule has 7 N–H and O–H groups in total. The van der Waals surface area contributed by atoms with E-state index in [4.69, 9.17) is 16.2 Å². The summed E-state index contributed by atoms with van der Waals surface area (Å²) >= 11 is 0. The molecule has 0 bridgehead atoms. The van der Waals surface area contributed by atoms with Gasteiger partial charge in [0.2, 0.25) is 11.8 Å². The molecular weight excluding hydrogens is 340 g/mol. The maximum absolute atomic E-state index is 12.0. The van der Waals surface area contributed by atoms with Crippen LogP contribution in [-0.4, -0.2) is 45.7 Å². The minimum atomic E-state index is -0.865. The Morgan fingerprint density at radius 3 is 2.50 bits per heavy atom. The Kier molecular flexibility index (Phi) is 8.04. The topological polar surface area (TPSA) is 165 Å². The lowest BCUT2D eigenvalue weighted by molar-refractivity contribution is -0.127. The van der Waals surface area contributed by atoms with Gasteiger partial charge in [0.1, 0.15) is 11.6 Å². The molecule has 1 rings (SSSR count). The number of rotatable bonds is 9. The first-order valence-electron chi connectivity index (χ1n) is 8.38. The van der Waals surface area contributed by atoms with Crippen molar-refractivity contribution in [3.8, 4) is 0 Å². The van der Waals surface area contributed by atoms with Gasteiger partial charge in [0.15, 0.2) is 0 Å². The maximum atomic E-state index is 12.0. The summed E-state index contributed by atoms with van der Waals surface area (Å²) in [5.74, 6) is -0.971. The van der Waals surface area contributed by atoms with Crippen molar-refractivity contribution in [2.45, 2.75) is 64.3 Å². The van der Waals surface area contributed by atoms with E-state index in [1.165, 1.54) is 6.33 Å². The van der Waals surface area contributed by atoms with E-state index < -0.39 is 29.8 Å². The fraction of sp³-hybridized carbons (Fsp3) is 0.625. The van der Waals surface area contributed by atoms with Gasteiger partial charge in [-0.15, -0.1) is 0 Å². The number of imidazole rings is 1. The highest BCUT2D eigenvalue weighted by molar-refractivity contribution is 5.86. The fourth-order valence-electron chi connectivity index (χ4n) is 2.10. The molecule has 0 aliphatic carbocycles. The number of aromatic amines is 1. The average molecular weight is 368 g/mol. The molecule has 0 aliphatic rings. The van der Waals surface area contributed by atoms with Crippen molar-refractivity contribution in [1.82, 2.24) is 20.6 Å². The van der Waals surface area contributed by atoms with Gasteiger partial charge in [0, 0.05) is 18.3 Å². The van der Waals surface area contributed by atoms with Crippen LogP contribution in [0.4, 0.5) is 4.79 Å². The molecule has 1 aromatic heterocycles. The number of carbonyl (C=O) groups is 3. The molecule has 146 valence electrons. The Balaban J connectivity index is 2.38. The van der Waals surface area contributed by atoms with E-state index in [-0.39, 0.29) is 25.2 Å². The lowest BCUT2D eigenvalue weighted by Crippen LogP contribution is -2.48. The summed E-state index contributed by atoms with van der Waals surface area (Å²) in [7, 11) is 0. The van der Waals surface area contributed by atoms with E-state index >= 15 is 0 Å². The second-order valence-corrected chi connectivity index (χ2v) is 6.93. The largest absolute Gasteiger partial charge is 0.444 e. The quantitative estimate of drug-likeness (QED) is 0.382. The molecule has 1 unspecified atom stereocenters. The predicted molar refractivity (Wildman–Crippen MR) is 94.6 cm³/mol. The number of nitrogens with one attached hydrogen (secondary N) is 3. The number of alkyl carbamates (subject to hydrolysis) is 1. The molecule has 3 amide bonds. The van der Waals surface area contributed by atoms with E-state index in [1.807, 2.05) is 0 Å². The van der Waals surface area contributed by atoms with Gasteiger partial charge < -0.3 is 31.8 Å². The highest BCUT2D eigenvalue weighted by Gasteiger charge is 2.21. The first-order valence-corrected chi connectivity index (χ1v) is 8.38. The summed E-state index contributed by atoms with van der Waals surface area (Å²) in [4.78, 5) is 41.9. The standard InChI is InChI=1S/C16H28N6O4/c1-16(2,3)26-15(25)22-12(17)6-5-11(14(18)24)21-13(23)7-4-10-8-19-9-20-10/h8-9,11-12H,4-7,17H2,1-3H3,(H2,18,24)(H,19,20)(H,21,23)(H,22,25)/t11-,12?/m0/s1. The summed E-state index contributed by atoms with van der Waals surface area (Å²) in [6, 6.07) is -0.865. The van der Waals surface area contributed by atoms with Crippen molar-refractivity contribution in [2.75, 3.05) is 0 Å². The van der Waals surface area contributed by atoms with Crippen LogP contribution in [0.2, 0.25) is 0 Å². The molecule has 0 aromatic carbocycles. The van der Waals surface area contributed by atoms with Crippen LogP contribution >= 0.6 is 0 Å². The molecule has 10 nitrogen and oxygen atoms in total. The number of hydrogen-bond donors (Lipinski definition) is 5. The number of H-pyrrole nitrogens is 1. The zero-order valence-corrected chi connectivity index (χ0v) is 15.4. The van der Waals surface area contributed by atoms with Gasteiger partial charge in [0.05, 0.1) is 12.5 Å². The van der Waals surface area contributed by atoms with Crippen molar-refractivity contribution >= 4 is 17.9 Å².